The van der Waals surface area contributed by atoms with Crippen LogP contribution in [0.1, 0.15) is 9.75 Å². The molecule has 1 rings (SSSR count). The van der Waals surface area contributed by atoms with Gasteiger partial charge in [-0.1, -0.05) is 0 Å². The Bertz CT molecular complexity index is 375. The fourth-order valence-electron chi connectivity index (χ4n) is 1.05. The molecule has 5 nitrogen and oxygen atoms in total. The Kier molecular flexibility index (Phi) is 4.94. The van der Waals surface area contributed by atoms with Gasteiger partial charge in [-0.2, -0.15) is 0 Å². The van der Waals surface area contributed by atoms with Gasteiger partial charge in [-0.3, -0.25) is 4.79 Å². The van der Waals surface area contributed by atoms with Crippen LogP contribution in [0.5, 0.6) is 0 Å². The lowest BCUT2D eigenvalue weighted by atomic mass is 10.4. The first kappa shape index (κ1) is 12.7. The van der Waals surface area contributed by atoms with E-state index in [0.717, 1.165) is 4.88 Å². The average Bonchev–Trinajstić information content (AvgIpc) is 2.61. The third-order valence-electron chi connectivity index (χ3n) is 1.71. The lowest BCUT2D eigenvalue weighted by Crippen LogP contribution is -2.27. The Morgan fingerprint density at radius 2 is 2.19 bits per heavy atom. The summed E-state index contributed by atoms with van der Waals surface area (Å²) < 4.78 is 4.64. The summed E-state index contributed by atoms with van der Waals surface area (Å²) in [6.07, 6.45) is 0. The molecule has 0 fully saturated rings. The van der Waals surface area contributed by atoms with Crippen LogP contribution in [-0.2, 0) is 20.9 Å². The Labute approximate surface area is 97.0 Å². The quantitative estimate of drug-likeness (QED) is 0.774. The first-order valence-electron chi connectivity index (χ1n) is 4.69. The van der Waals surface area contributed by atoms with Crippen molar-refractivity contribution in [2.75, 3.05) is 13.2 Å². The summed E-state index contributed by atoms with van der Waals surface area (Å²) in [5, 5.41) is 10.9. The molecule has 88 valence electrons. The van der Waals surface area contributed by atoms with Crippen LogP contribution in [0.2, 0.25) is 0 Å². The van der Waals surface area contributed by atoms with E-state index in [9.17, 15) is 9.59 Å². The van der Waals surface area contributed by atoms with E-state index in [1.165, 1.54) is 4.88 Å². The number of aryl methyl sites for hydroxylation is 1. The highest BCUT2D eigenvalue weighted by Crippen LogP contribution is 2.14. The molecular weight excluding hydrogens is 230 g/mol. The molecule has 0 unspecified atom stereocenters. The molecule has 1 aromatic heterocycles. The molecule has 0 saturated carbocycles. The van der Waals surface area contributed by atoms with Crippen molar-refractivity contribution in [1.29, 1.82) is 0 Å². The second-order valence-electron chi connectivity index (χ2n) is 3.18. The largest absolute Gasteiger partial charge is 0.480 e. The highest BCUT2D eigenvalue weighted by Gasteiger charge is 2.04. The van der Waals surface area contributed by atoms with E-state index in [0.29, 0.717) is 6.54 Å². The Morgan fingerprint density at radius 1 is 1.44 bits per heavy atom. The second-order valence-corrected chi connectivity index (χ2v) is 4.55. The molecule has 0 atom stereocenters. The molecule has 0 saturated heterocycles. The van der Waals surface area contributed by atoms with Crippen molar-refractivity contribution in [3.8, 4) is 0 Å². The molecule has 0 bridgehead atoms. The molecule has 2 N–H and O–H groups in total. The summed E-state index contributed by atoms with van der Waals surface area (Å²) in [6, 6.07) is 3.92. The fraction of sp³-hybridized carbons (Fsp3) is 0.400. The van der Waals surface area contributed by atoms with Crippen molar-refractivity contribution in [3.05, 3.63) is 21.9 Å². The van der Waals surface area contributed by atoms with Crippen molar-refractivity contribution < 1.29 is 19.4 Å². The van der Waals surface area contributed by atoms with Crippen molar-refractivity contribution in [1.82, 2.24) is 5.32 Å². The van der Waals surface area contributed by atoms with E-state index >= 15 is 0 Å². The van der Waals surface area contributed by atoms with Gasteiger partial charge in [-0.15, -0.1) is 11.3 Å². The molecular formula is C10H13NO4S. The number of thiophene rings is 1. The van der Waals surface area contributed by atoms with Crippen molar-refractivity contribution in [2.24, 2.45) is 0 Å². The lowest BCUT2D eigenvalue weighted by Gasteiger charge is -2.03. The van der Waals surface area contributed by atoms with Crippen molar-refractivity contribution >= 4 is 23.2 Å². The molecule has 0 spiro atoms. The number of hydrogen-bond acceptors (Lipinski definition) is 4. The van der Waals surface area contributed by atoms with Gasteiger partial charge in [0.05, 0.1) is 6.54 Å². The highest BCUT2D eigenvalue weighted by molar-refractivity contribution is 7.11. The molecule has 1 amide bonds. The van der Waals surface area contributed by atoms with E-state index in [1.54, 1.807) is 11.3 Å². The molecule has 0 aliphatic carbocycles. The SMILES string of the molecule is Cc1ccc(CNC(=O)COCC(=O)O)s1. The molecule has 0 radical (unpaired) electrons. The number of carbonyl (C=O) groups is 2. The van der Waals surface area contributed by atoms with Gasteiger partial charge in [0.1, 0.15) is 13.2 Å². The summed E-state index contributed by atoms with van der Waals surface area (Å²) in [6.45, 7) is 1.77. The Balaban J connectivity index is 2.17. The zero-order chi connectivity index (χ0) is 12.0. The van der Waals surface area contributed by atoms with Gasteiger partial charge in [-0.05, 0) is 19.1 Å². The van der Waals surface area contributed by atoms with Crippen molar-refractivity contribution in [2.45, 2.75) is 13.5 Å². The molecule has 0 aromatic carbocycles. The summed E-state index contributed by atoms with van der Waals surface area (Å²) >= 11 is 1.61. The fourth-order valence-corrected chi connectivity index (χ4v) is 1.88. The minimum atomic E-state index is -1.08. The molecule has 0 aliphatic rings. The number of carboxylic acids is 1. The molecule has 6 heteroatoms. The van der Waals surface area contributed by atoms with Gasteiger partial charge in [0.15, 0.2) is 0 Å². The van der Waals surface area contributed by atoms with Gasteiger partial charge in [-0.25, -0.2) is 4.79 Å². The topological polar surface area (TPSA) is 75.6 Å². The normalized spacial score (nSPS) is 10.1. The maximum Gasteiger partial charge on any atom is 0.329 e. The van der Waals surface area contributed by atoms with Gasteiger partial charge >= 0.3 is 5.97 Å². The van der Waals surface area contributed by atoms with E-state index in [1.807, 2.05) is 19.1 Å². The Hall–Kier alpha value is -1.40. The molecule has 0 aliphatic heterocycles. The zero-order valence-corrected chi connectivity index (χ0v) is 9.67. The van der Waals surface area contributed by atoms with Crippen LogP contribution in [0.4, 0.5) is 0 Å². The van der Waals surface area contributed by atoms with Crippen molar-refractivity contribution in [3.63, 3.8) is 0 Å². The molecule has 16 heavy (non-hydrogen) atoms. The minimum Gasteiger partial charge on any atom is -0.480 e. The number of nitrogens with one attached hydrogen (secondary N) is 1. The molecule has 1 heterocycles. The summed E-state index contributed by atoms with van der Waals surface area (Å²) in [5.74, 6) is -1.39. The van der Waals surface area contributed by atoms with Crippen LogP contribution in [0.3, 0.4) is 0 Å². The van der Waals surface area contributed by atoms with E-state index in [2.05, 4.69) is 10.1 Å². The minimum absolute atomic E-state index is 0.226. The number of amides is 1. The number of aliphatic carboxylic acids is 1. The van der Waals surface area contributed by atoms with Crippen LogP contribution in [0.15, 0.2) is 12.1 Å². The number of ether oxygens (including phenoxy) is 1. The van der Waals surface area contributed by atoms with E-state index in [-0.39, 0.29) is 12.5 Å². The van der Waals surface area contributed by atoms with Gasteiger partial charge in [0.2, 0.25) is 5.91 Å². The van der Waals surface area contributed by atoms with Gasteiger partial charge < -0.3 is 15.2 Å². The van der Waals surface area contributed by atoms with E-state index in [4.69, 9.17) is 5.11 Å². The van der Waals surface area contributed by atoms with Crippen LogP contribution in [-0.4, -0.2) is 30.2 Å². The lowest BCUT2D eigenvalue weighted by molar-refractivity contribution is -0.143. The summed E-state index contributed by atoms with van der Waals surface area (Å²) in [5.41, 5.74) is 0. The van der Waals surface area contributed by atoms with Gasteiger partial charge in [0.25, 0.3) is 0 Å². The van der Waals surface area contributed by atoms with Crippen LogP contribution < -0.4 is 5.32 Å². The summed E-state index contributed by atoms with van der Waals surface area (Å²) in [4.78, 5) is 23.5. The number of carbonyl (C=O) groups excluding carboxylic acids is 1. The third kappa shape index (κ3) is 4.90. The van der Waals surface area contributed by atoms with Crippen LogP contribution in [0, 0.1) is 6.92 Å². The predicted molar refractivity (Wildman–Crippen MR) is 59.4 cm³/mol. The monoisotopic (exact) mass is 243 g/mol. The first-order chi connectivity index (χ1) is 7.58. The maximum absolute atomic E-state index is 11.2. The highest BCUT2D eigenvalue weighted by atomic mass is 32.1. The second kappa shape index (κ2) is 6.24. The third-order valence-corrected chi connectivity index (χ3v) is 2.72. The van der Waals surface area contributed by atoms with Crippen LogP contribution in [0.25, 0.3) is 0 Å². The number of carboxylic acid groups (broad SMARTS) is 1. The molecule has 1 aromatic rings. The van der Waals surface area contributed by atoms with Gasteiger partial charge in [0, 0.05) is 9.75 Å². The standard InChI is InChI=1S/C10H13NO4S/c1-7-2-3-8(16-7)4-11-9(12)5-15-6-10(13)14/h2-3H,4-6H2,1H3,(H,11,12)(H,13,14). The van der Waals surface area contributed by atoms with Crippen LogP contribution >= 0.6 is 11.3 Å². The number of rotatable bonds is 6. The summed E-state index contributed by atoms with van der Waals surface area (Å²) in [7, 11) is 0. The number of hydrogen-bond donors (Lipinski definition) is 2. The smallest absolute Gasteiger partial charge is 0.329 e. The predicted octanol–water partition coefficient (Wildman–Crippen LogP) is 0.774. The maximum atomic E-state index is 11.2. The van der Waals surface area contributed by atoms with E-state index < -0.39 is 12.6 Å². The first-order valence-corrected chi connectivity index (χ1v) is 5.51. The Morgan fingerprint density at radius 3 is 2.75 bits per heavy atom. The zero-order valence-electron chi connectivity index (χ0n) is 8.86. The average molecular weight is 243 g/mol.